The second-order valence-corrected chi connectivity index (χ2v) is 3.98. The number of rotatable bonds is 4. The van der Waals surface area contributed by atoms with Crippen molar-refractivity contribution in [2.24, 2.45) is 0 Å². The molecule has 0 aliphatic carbocycles. The average Bonchev–Trinajstić information content (AvgIpc) is 2.28. The minimum Gasteiger partial charge on any atom is -0.389 e. The summed E-state index contributed by atoms with van der Waals surface area (Å²) in [6.45, 7) is 4.76. The van der Waals surface area contributed by atoms with E-state index in [4.69, 9.17) is 5.26 Å². The lowest BCUT2D eigenvalue weighted by Crippen LogP contribution is -2.20. The number of hydrogen-bond acceptors (Lipinski definition) is 3. The lowest BCUT2D eigenvalue weighted by molar-refractivity contribution is 0.199. The topological polar surface area (TPSA) is 47.3 Å². The van der Waals surface area contributed by atoms with Gasteiger partial charge in [-0.15, -0.1) is 0 Å². The molecule has 0 bridgehead atoms. The van der Waals surface area contributed by atoms with Gasteiger partial charge in [-0.05, 0) is 25.5 Å². The molecule has 1 aromatic rings. The third-order valence-electron chi connectivity index (χ3n) is 2.58. The summed E-state index contributed by atoms with van der Waals surface area (Å²) in [6, 6.07) is 7.52. The molecule has 3 heteroatoms. The Morgan fingerprint density at radius 1 is 1.50 bits per heavy atom. The van der Waals surface area contributed by atoms with Gasteiger partial charge < -0.3 is 10.0 Å². The van der Waals surface area contributed by atoms with Crippen LogP contribution in [0.3, 0.4) is 0 Å². The predicted molar refractivity (Wildman–Crippen MR) is 65.4 cm³/mol. The van der Waals surface area contributed by atoms with Crippen LogP contribution in [0.5, 0.6) is 0 Å². The molecule has 0 saturated heterocycles. The van der Waals surface area contributed by atoms with Gasteiger partial charge in [0.25, 0.3) is 0 Å². The highest BCUT2D eigenvalue weighted by atomic mass is 16.3. The fourth-order valence-electron chi connectivity index (χ4n) is 1.75. The van der Waals surface area contributed by atoms with Crippen molar-refractivity contribution in [3.63, 3.8) is 0 Å². The molecule has 1 rings (SSSR count). The first-order valence-corrected chi connectivity index (χ1v) is 5.53. The summed E-state index contributed by atoms with van der Waals surface area (Å²) in [5.41, 5.74) is 2.44. The molecule has 0 spiro atoms. The quantitative estimate of drug-likeness (QED) is 0.844. The normalized spacial score (nSPS) is 11.9. The van der Waals surface area contributed by atoms with Crippen LogP contribution in [0.2, 0.25) is 0 Å². The number of aliphatic hydroxyl groups is 1. The van der Waals surface area contributed by atoms with E-state index in [1.165, 1.54) is 0 Å². The Kier molecular flexibility index (Phi) is 4.33. The maximum absolute atomic E-state index is 9.68. The fraction of sp³-hybridized carbons (Fsp3) is 0.462. The van der Waals surface area contributed by atoms with Crippen molar-refractivity contribution in [1.82, 2.24) is 0 Å². The summed E-state index contributed by atoms with van der Waals surface area (Å²) in [5, 5.41) is 18.5. The number of nitriles is 1. The monoisotopic (exact) mass is 218 g/mol. The molecule has 1 N–H and O–H groups in total. The number of aliphatic hydroxyl groups excluding tert-OH is 1. The van der Waals surface area contributed by atoms with Crippen LogP contribution in [0.15, 0.2) is 18.2 Å². The van der Waals surface area contributed by atoms with Gasteiger partial charge in [0.1, 0.15) is 0 Å². The van der Waals surface area contributed by atoms with E-state index in [9.17, 15) is 5.11 Å². The van der Waals surface area contributed by atoms with Crippen LogP contribution in [-0.2, 0) is 0 Å². The first kappa shape index (κ1) is 12.5. The minimum absolute atomic E-state index is 0.512. The average molecular weight is 218 g/mol. The van der Waals surface area contributed by atoms with E-state index in [0.29, 0.717) is 5.56 Å². The van der Waals surface area contributed by atoms with Gasteiger partial charge in [0.15, 0.2) is 0 Å². The molecule has 0 amide bonds. The Morgan fingerprint density at radius 3 is 2.69 bits per heavy atom. The highest BCUT2D eigenvalue weighted by Crippen LogP contribution is 2.26. The Labute approximate surface area is 96.9 Å². The van der Waals surface area contributed by atoms with Crippen LogP contribution >= 0.6 is 0 Å². The smallest absolute Gasteiger partial charge is 0.0992 e. The molecule has 0 saturated carbocycles. The van der Waals surface area contributed by atoms with E-state index in [0.717, 1.165) is 24.2 Å². The third kappa shape index (κ3) is 2.74. The zero-order valence-electron chi connectivity index (χ0n) is 10.1. The number of anilines is 1. The Bertz CT molecular complexity index is 393. The van der Waals surface area contributed by atoms with Gasteiger partial charge in [0, 0.05) is 24.8 Å². The number of benzene rings is 1. The van der Waals surface area contributed by atoms with Gasteiger partial charge in [-0.25, -0.2) is 0 Å². The molecule has 1 aromatic carbocycles. The first-order chi connectivity index (χ1) is 7.60. The van der Waals surface area contributed by atoms with E-state index >= 15 is 0 Å². The second kappa shape index (κ2) is 5.53. The molecule has 0 unspecified atom stereocenters. The molecule has 1 atom stereocenters. The van der Waals surface area contributed by atoms with Crippen molar-refractivity contribution in [3.8, 4) is 6.07 Å². The van der Waals surface area contributed by atoms with Gasteiger partial charge in [-0.3, -0.25) is 0 Å². The largest absolute Gasteiger partial charge is 0.389 e. The number of hydrogen-bond donors (Lipinski definition) is 1. The Hall–Kier alpha value is -1.53. The van der Waals surface area contributed by atoms with Crippen molar-refractivity contribution in [3.05, 3.63) is 29.3 Å². The summed E-state index contributed by atoms with van der Waals surface area (Å²) >= 11 is 0. The fourth-order valence-corrected chi connectivity index (χ4v) is 1.75. The van der Waals surface area contributed by atoms with Crippen LogP contribution in [0.25, 0.3) is 0 Å². The summed E-state index contributed by atoms with van der Waals surface area (Å²) in [7, 11) is 1.98. The van der Waals surface area contributed by atoms with Crippen molar-refractivity contribution in [2.45, 2.75) is 26.4 Å². The predicted octanol–water partition coefficient (Wildman–Crippen LogP) is 2.46. The molecular formula is C13H18N2O. The summed E-state index contributed by atoms with van der Waals surface area (Å²) in [6.07, 6.45) is 0.522. The number of nitrogens with zero attached hydrogens (tertiary/aromatic N) is 2. The molecule has 16 heavy (non-hydrogen) atoms. The highest BCUT2D eigenvalue weighted by molar-refractivity contribution is 5.58. The Morgan fingerprint density at radius 2 is 2.19 bits per heavy atom. The molecular weight excluding hydrogens is 200 g/mol. The molecule has 0 heterocycles. The standard InChI is InChI=1S/C13H18N2O/c1-4-7-15(3)13-8-11(9-14)5-6-12(13)10(2)16/h5-6,8,10,16H,4,7H2,1-3H3/t10-/m0/s1. The van der Waals surface area contributed by atoms with E-state index in [-0.39, 0.29) is 0 Å². The van der Waals surface area contributed by atoms with Crippen LogP contribution < -0.4 is 4.90 Å². The maximum Gasteiger partial charge on any atom is 0.0992 e. The molecule has 0 radical (unpaired) electrons. The van der Waals surface area contributed by atoms with E-state index in [1.54, 1.807) is 13.0 Å². The summed E-state index contributed by atoms with van der Waals surface area (Å²) in [5.74, 6) is 0. The maximum atomic E-state index is 9.68. The van der Waals surface area contributed by atoms with E-state index < -0.39 is 6.10 Å². The van der Waals surface area contributed by atoms with E-state index in [1.807, 2.05) is 19.2 Å². The van der Waals surface area contributed by atoms with Crippen LogP contribution in [0.4, 0.5) is 5.69 Å². The molecule has 0 aliphatic heterocycles. The molecule has 0 aliphatic rings. The molecule has 3 nitrogen and oxygen atoms in total. The minimum atomic E-state index is -0.512. The Balaban J connectivity index is 3.15. The zero-order chi connectivity index (χ0) is 12.1. The zero-order valence-corrected chi connectivity index (χ0v) is 10.1. The molecule has 0 fully saturated rings. The van der Waals surface area contributed by atoms with E-state index in [2.05, 4.69) is 17.9 Å². The lowest BCUT2D eigenvalue weighted by Gasteiger charge is -2.23. The van der Waals surface area contributed by atoms with Gasteiger partial charge >= 0.3 is 0 Å². The van der Waals surface area contributed by atoms with Crippen molar-refractivity contribution in [2.75, 3.05) is 18.5 Å². The van der Waals surface area contributed by atoms with Gasteiger partial charge in [-0.1, -0.05) is 13.0 Å². The van der Waals surface area contributed by atoms with Gasteiger partial charge in [0.05, 0.1) is 17.7 Å². The van der Waals surface area contributed by atoms with Crippen molar-refractivity contribution < 1.29 is 5.11 Å². The third-order valence-corrected chi connectivity index (χ3v) is 2.58. The lowest BCUT2D eigenvalue weighted by atomic mass is 10.0. The second-order valence-electron chi connectivity index (χ2n) is 3.98. The first-order valence-electron chi connectivity index (χ1n) is 5.53. The summed E-state index contributed by atoms with van der Waals surface area (Å²) < 4.78 is 0. The molecule has 0 aromatic heterocycles. The van der Waals surface area contributed by atoms with Gasteiger partial charge in [0.2, 0.25) is 0 Å². The SMILES string of the molecule is CCCN(C)c1cc(C#N)ccc1[C@H](C)O. The summed E-state index contributed by atoms with van der Waals surface area (Å²) in [4.78, 5) is 2.07. The van der Waals surface area contributed by atoms with Crippen molar-refractivity contribution in [1.29, 1.82) is 5.26 Å². The van der Waals surface area contributed by atoms with Crippen molar-refractivity contribution >= 4 is 5.69 Å². The highest BCUT2D eigenvalue weighted by Gasteiger charge is 2.11. The van der Waals surface area contributed by atoms with Crippen LogP contribution in [0, 0.1) is 11.3 Å². The van der Waals surface area contributed by atoms with Crippen LogP contribution in [0.1, 0.15) is 37.5 Å². The molecule has 86 valence electrons. The van der Waals surface area contributed by atoms with Gasteiger partial charge in [-0.2, -0.15) is 5.26 Å². The van der Waals surface area contributed by atoms with Crippen LogP contribution in [-0.4, -0.2) is 18.7 Å².